The van der Waals surface area contributed by atoms with Crippen LogP contribution >= 0.6 is 11.6 Å². The largest absolute Gasteiger partial charge is 0.394 e. The fourth-order valence-electron chi connectivity index (χ4n) is 2.97. The van der Waals surface area contributed by atoms with Crippen LogP contribution in [0.4, 0.5) is 4.39 Å². The van der Waals surface area contributed by atoms with E-state index in [1.54, 1.807) is 6.07 Å². The molecule has 4 heteroatoms. The molecule has 0 aromatic heterocycles. The molecule has 2 nitrogen and oxygen atoms in total. The van der Waals surface area contributed by atoms with Crippen LogP contribution in [0.3, 0.4) is 0 Å². The van der Waals surface area contributed by atoms with Crippen LogP contribution < -0.4 is 5.32 Å². The lowest BCUT2D eigenvalue weighted by Crippen LogP contribution is -2.51. The van der Waals surface area contributed by atoms with Crippen LogP contribution in [0.2, 0.25) is 5.02 Å². The Balaban J connectivity index is 2.03. The van der Waals surface area contributed by atoms with E-state index < -0.39 is 0 Å². The summed E-state index contributed by atoms with van der Waals surface area (Å²) < 4.78 is 13.0. The average molecular weight is 286 g/mol. The number of hydrogen-bond donors (Lipinski definition) is 2. The van der Waals surface area contributed by atoms with Crippen LogP contribution in [0, 0.1) is 11.7 Å². The Labute approximate surface area is 119 Å². The fourth-order valence-corrected chi connectivity index (χ4v) is 3.20. The van der Waals surface area contributed by atoms with Crippen molar-refractivity contribution in [3.63, 3.8) is 0 Å². The van der Waals surface area contributed by atoms with E-state index in [9.17, 15) is 9.50 Å². The summed E-state index contributed by atoms with van der Waals surface area (Å²) in [6.07, 6.45) is 4.31. The molecule has 0 saturated heterocycles. The Morgan fingerprint density at radius 1 is 1.53 bits per heavy atom. The molecule has 2 rings (SSSR count). The van der Waals surface area contributed by atoms with Crippen molar-refractivity contribution < 1.29 is 9.50 Å². The first-order chi connectivity index (χ1) is 9.04. The molecule has 1 aromatic carbocycles. The fraction of sp³-hybridized carbons (Fsp3) is 0.600. The molecule has 0 heterocycles. The van der Waals surface area contributed by atoms with E-state index in [0.717, 1.165) is 24.8 Å². The lowest BCUT2D eigenvalue weighted by molar-refractivity contribution is 0.0982. The molecule has 2 atom stereocenters. The maximum atomic E-state index is 13.0. The Bertz CT molecular complexity index is 440. The molecule has 1 fully saturated rings. The maximum Gasteiger partial charge on any atom is 0.124 e. The number of rotatable bonds is 4. The van der Waals surface area contributed by atoms with Crippen molar-refractivity contribution in [2.45, 2.75) is 44.7 Å². The third-order valence-corrected chi connectivity index (χ3v) is 4.41. The van der Waals surface area contributed by atoms with Gasteiger partial charge in [-0.1, -0.05) is 37.4 Å². The van der Waals surface area contributed by atoms with Gasteiger partial charge in [0.2, 0.25) is 0 Å². The van der Waals surface area contributed by atoms with Crippen LogP contribution in [0.1, 0.15) is 38.2 Å². The van der Waals surface area contributed by atoms with E-state index in [0.29, 0.717) is 17.5 Å². The summed E-state index contributed by atoms with van der Waals surface area (Å²) in [5.41, 5.74) is 0.657. The van der Waals surface area contributed by atoms with E-state index in [1.165, 1.54) is 18.6 Å². The van der Waals surface area contributed by atoms with Gasteiger partial charge in [0.15, 0.2) is 0 Å². The first-order valence-electron chi connectivity index (χ1n) is 6.84. The van der Waals surface area contributed by atoms with E-state index in [-0.39, 0.29) is 18.0 Å². The molecule has 1 saturated carbocycles. The van der Waals surface area contributed by atoms with E-state index in [4.69, 9.17) is 11.6 Å². The molecule has 106 valence electrons. The molecule has 0 spiro atoms. The Morgan fingerprint density at radius 3 is 2.95 bits per heavy atom. The van der Waals surface area contributed by atoms with Gasteiger partial charge in [-0.2, -0.15) is 0 Å². The lowest BCUT2D eigenvalue weighted by atomic mass is 9.77. The van der Waals surface area contributed by atoms with Crippen molar-refractivity contribution in [2.24, 2.45) is 5.92 Å². The maximum absolute atomic E-state index is 13.0. The number of aliphatic hydroxyl groups is 1. The molecule has 1 aliphatic carbocycles. The minimum Gasteiger partial charge on any atom is -0.394 e. The number of hydrogen-bond acceptors (Lipinski definition) is 2. The highest BCUT2D eigenvalue weighted by Gasteiger charge is 2.33. The van der Waals surface area contributed by atoms with Gasteiger partial charge >= 0.3 is 0 Å². The van der Waals surface area contributed by atoms with Gasteiger partial charge in [-0.15, -0.1) is 0 Å². The summed E-state index contributed by atoms with van der Waals surface area (Å²) in [6, 6.07) is 4.44. The van der Waals surface area contributed by atoms with Crippen molar-refractivity contribution in [3.05, 3.63) is 34.6 Å². The number of nitrogens with one attached hydrogen (secondary N) is 1. The summed E-state index contributed by atoms with van der Waals surface area (Å²) in [7, 11) is 0. The van der Waals surface area contributed by atoms with Crippen molar-refractivity contribution >= 4 is 11.6 Å². The van der Waals surface area contributed by atoms with Gasteiger partial charge in [0.1, 0.15) is 5.82 Å². The van der Waals surface area contributed by atoms with Crippen molar-refractivity contribution in [1.29, 1.82) is 0 Å². The third-order valence-electron chi connectivity index (χ3n) is 4.06. The summed E-state index contributed by atoms with van der Waals surface area (Å²) >= 11 is 6.02. The zero-order valence-electron chi connectivity index (χ0n) is 11.3. The van der Waals surface area contributed by atoms with Gasteiger partial charge in [-0.05, 0) is 36.5 Å². The smallest absolute Gasteiger partial charge is 0.124 e. The van der Waals surface area contributed by atoms with E-state index >= 15 is 0 Å². The third kappa shape index (κ3) is 3.68. The second kappa shape index (κ2) is 6.21. The average Bonchev–Trinajstić information content (AvgIpc) is 2.38. The van der Waals surface area contributed by atoms with Gasteiger partial charge in [0.05, 0.1) is 6.61 Å². The second-order valence-electron chi connectivity index (χ2n) is 5.73. The Morgan fingerprint density at radius 2 is 2.32 bits per heavy atom. The Kier molecular flexibility index (Phi) is 4.82. The lowest BCUT2D eigenvalue weighted by Gasteiger charge is -2.39. The molecule has 1 aromatic rings. The van der Waals surface area contributed by atoms with Crippen LogP contribution in [0.25, 0.3) is 0 Å². The quantitative estimate of drug-likeness (QED) is 0.887. The highest BCUT2D eigenvalue weighted by Crippen LogP contribution is 2.32. The summed E-state index contributed by atoms with van der Waals surface area (Å²) in [4.78, 5) is 0. The highest BCUT2D eigenvalue weighted by atomic mass is 35.5. The van der Waals surface area contributed by atoms with Gasteiger partial charge in [-0.3, -0.25) is 0 Å². The number of aliphatic hydroxyl groups excluding tert-OH is 1. The van der Waals surface area contributed by atoms with Gasteiger partial charge in [0, 0.05) is 17.1 Å². The van der Waals surface area contributed by atoms with E-state index in [2.05, 4.69) is 12.2 Å². The molecule has 2 unspecified atom stereocenters. The monoisotopic (exact) mass is 285 g/mol. The van der Waals surface area contributed by atoms with Crippen molar-refractivity contribution in [3.8, 4) is 0 Å². The summed E-state index contributed by atoms with van der Waals surface area (Å²) in [5, 5.41) is 13.6. The number of benzene rings is 1. The first kappa shape index (κ1) is 14.8. The van der Waals surface area contributed by atoms with Crippen LogP contribution in [0.15, 0.2) is 18.2 Å². The predicted molar refractivity (Wildman–Crippen MR) is 75.7 cm³/mol. The molecular weight excluding hydrogens is 265 g/mol. The van der Waals surface area contributed by atoms with Gasteiger partial charge < -0.3 is 10.4 Å². The molecule has 19 heavy (non-hydrogen) atoms. The van der Waals surface area contributed by atoms with Crippen LogP contribution in [-0.4, -0.2) is 17.3 Å². The Hall–Kier alpha value is -0.640. The topological polar surface area (TPSA) is 32.3 Å². The first-order valence-corrected chi connectivity index (χ1v) is 7.22. The molecule has 1 aliphatic rings. The predicted octanol–water partition coefficient (Wildman–Crippen LogP) is 3.51. The SMILES string of the molecule is CC1CCCC(CO)(NCc2ccc(F)cc2Cl)C1. The van der Waals surface area contributed by atoms with Crippen LogP contribution in [-0.2, 0) is 6.54 Å². The summed E-state index contributed by atoms with van der Waals surface area (Å²) in [6.45, 7) is 2.92. The molecule has 0 aliphatic heterocycles. The molecule has 2 N–H and O–H groups in total. The van der Waals surface area contributed by atoms with E-state index in [1.807, 2.05) is 0 Å². The van der Waals surface area contributed by atoms with Crippen molar-refractivity contribution in [2.75, 3.05) is 6.61 Å². The second-order valence-corrected chi connectivity index (χ2v) is 6.14. The minimum atomic E-state index is -0.322. The molecule has 0 bridgehead atoms. The normalized spacial score (nSPS) is 27.5. The number of halogens is 2. The van der Waals surface area contributed by atoms with Crippen molar-refractivity contribution in [1.82, 2.24) is 5.32 Å². The zero-order chi connectivity index (χ0) is 13.9. The van der Waals surface area contributed by atoms with Gasteiger partial charge in [0.25, 0.3) is 0 Å². The zero-order valence-corrected chi connectivity index (χ0v) is 12.0. The summed E-state index contributed by atoms with van der Waals surface area (Å²) in [5.74, 6) is 0.300. The molecule has 0 amide bonds. The van der Waals surface area contributed by atoms with Crippen LogP contribution in [0.5, 0.6) is 0 Å². The highest BCUT2D eigenvalue weighted by molar-refractivity contribution is 6.31. The minimum absolute atomic E-state index is 0.135. The molecule has 0 radical (unpaired) electrons. The van der Waals surface area contributed by atoms with Gasteiger partial charge in [-0.25, -0.2) is 4.39 Å². The molecular formula is C15H21ClFNO. The standard InChI is InChI=1S/C15H21ClFNO/c1-11-3-2-6-15(8-11,10-19)18-9-12-4-5-13(17)7-14(12)16/h4-5,7,11,18-19H,2-3,6,8-10H2,1H3.